The fourth-order valence-electron chi connectivity index (χ4n) is 2.72. The molecule has 1 aliphatic rings. The van der Waals surface area contributed by atoms with Crippen molar-refractivity contribution in [3.05, 3.63) is 29.8 Å². The average molecular weight is 277 g/mol. The number of nitrogens with one attached hydrogen (secondary N) is 1. The number of hydrogen-bond donors (Lipinski definition) is 1. The van der Waals surface area contributed by atoms with Crippen molar-refractivity contribution in [2.75, 3.05) is 12.3 Å². The monoisotopic (exact) mass is 277 g/mol. The van der Waals surface area contributed by atoms with Gasteiger partial charge < -0.3 is 5.32 Å². The molecule has 1 saturated carbocycles. The Bertz CT molecular complexity index is 354. The third kappa shape index (κ3) is 4.85. The summed E-state index contributed by atoms with van der Waals surface area (Å²) in [5.74, 6) is 2.28. The van der Waals surface area contributed by atoms with E-state index in [2.05, 4.69) is 43.4 Å². The minimum atomic E-state index is 0.467. The van der Waals surface area contributed by atoms with Crippen LogP contribution in [0.5, 0.6) is 0 Å². The highest BCUT2D eigenvalue weighted by Crippen LogP contribution is 2.31. The van der Waals surface area contributed by atoms with E-state index in [0.717, 1.165) is 12.5 Å². The Balaban J connectivity index is 1.80. The van der Waals surface area contributed by atoms with Gasteiger partial charge in [0.25, 0.3) is 0 Å². The fourth-order valence-corrected chi connectivity index (χ4v) is 3.81. The van der Waals surface area contributed by atoms with Gasteiger partial charge in [-0.05, 0) is 56.3 Å². The first-order valence-corrected chi connectivity index (χ1v) is 8.74. The Morgan fingerprint density at radius 2 is 1.89 bits per heavy atom. The van der Waals surface area contributed by atoms with Crippen LogP contribution < -0.4 is 5.32 Å². The zero-order valence-electron chi connectivity index (χ0n) is 12.3. The van der Waals surface area contributed by atoms with E-state index in [0.29, 0.717) is 6.04 Å². The zero-order valence-corrected chi connectivity index (χ0v) is 13.1. The van der Waals surface area contributed by atoms with Crippen molar-refractivity contribution in [2.24, 2.45) is 5.92 Å². The molecule has 0 amide bonds. The Kier molecular flexibility index (Phi) is 6.25. The van der Waals surface area contributed by atoms with Crippen LogP contribution >= 0.6 is 11.8 Å². The quantitative estimate of drug-likeness (QED) is 0.702. The largest absolute Gasteiger partial charge is 0.310 e. The molecule has 106 valence electrons. The standard InChI is InChI=1S/C17H27NS/c1-3-12-18-14(2)16-8-10-17(11-9-16)19-13-15-6-4-5-7-15/h8-11,14-15,18H,3-7,12-13H2,1-2H3. The highest BCUT2D eigenvalue weighted by Gasteiger charge is 2.14. The average Bonchev–Trinajstić information content (AvgIpc) is 2.96. The number of rotatable bonds is 7. The van der Waals surface area contributed by atoms with E-state index in [4.69, 9.17) is 0 Å². The van der Waals surface area contributed by atoms with E-state index in [1.54, 1.807) is 0 Å². The van der Waals surface area contributed by atoms with Crippen LogP contribution in [0.25, 0.3) is 0 Å². The van der Waals surface area contributed by atoms with Gasteiger partial charge in [0, 0.05) is 16.7 Å². The first-order chi connectivity index (χ1) is 9.29. The molecule has 1 aromatic rings. The molecular formula is C17H27NS. The van der Waals surface area contributed by atoms with Crippen molar-refractivity contribution in [2.45, 2.75) is 56.9 Å². The van der Waals surface area contributed by atoms with Gasteiger partial charge >= 0.3 is 0 Å². The Morgan fingerprint density at radius 1 is 1.21 bits per heavy atom. The summed E-state index contributed by atoms with van der Waals surface area (Å²) in [6.07, 6.45) is 6.99. The molecule has 1 unspecified atom stereocenters. The number of thioether (sulfide) groups is 1. The molecule has 1 nitrogen and oxygen atoms in total. The molecule has 1 aromatic carbocycles. The molecule has 0 aliphatic heterocycles. The normalized spacial score (nSPS) is 17.8. The summed E-state index contributed by atoms with van der Waals surface area (Å²) in [4.78, 5) is 1.43. The molecule has 0 aromatic heterocycles. The summed E-state index contributed by atoms with van der Waals surface area (Å²) in [6.45, 7) is 5.55. The molecule has 0 radical (unpaired) electrons. The maximum absolute atomic E-state index is 3.54. The van der Waals surface area contributed by atoms with Crippen molar-refractivity contribution in [1.29, 1.82) is 0 Å². The lowest BCUT2D eigenvalue weighted by atomic mass is 10.1. The molecule has 19 heavy (non-hydrogen) atoms. The lowest BCUT2D eigenvalue weighted by Crippen LogP contribution is -2.19. The van der Waals surface area contributed by atoms with E-state index in [-0.39, 0.29) is 0 Å². The number of hydrogen-bond acceptors (Lipinski definition) is 2. The van der Waals surface area contributed by atoms with Gasteiger partial charge in [-0.25, -0.2) is 0 Å². The Hall–Kier alpha value is -0.470. The Morgan fingerprint density at radius 3 is 2.53 bits per heavy atom. The molecule has 1 N–H and O–H groups in total. The summed E-state index contributed by atoms with van der Waals surface area (Å²) in [6, 6.07) is 9.61. The van der Waals surface area contributed by atoms with Crippen molar-refractivity contribution in [3.8, 4) is 0 Å². The molecule has 0 heterocycles. The fraction of sp³-hybridized carbons (Fsp3) is 0.647. The topological polar surface area (TPSA) is 12.0 Å². The maximum Gasteiger partial charge on any atom is 0.0291 e. The van der Waals surface area contributed by atoms with Crippen LogP contribution in [0.2, 0.25) is 0 Å². The predicted molar refractivity (Wildman–Crippen MR) is 85.8 cm³/mol. The summed E-state index contributed by atoms with van der Waals surface area (Å²) in [5, 5.41) is 3.54. The van der Waals surface area contributed by atoms with Gasteiger partial charge in [0.05, 0.1) is 0 Å². The van der Waals surface area contributed by atoms with Crippen LogP contribution in [0, 0.1) is 5.92 Å². The summed E-state index contributed by atoms with van der Waals surface area (Å²) < 4.78 is 0. The smallest absolute Gasteiger partial charge is 0.0291 e. The van der Waals surface area contributed by atoms with E-state index in [1.165, 1.54) is 48.3 Å². The summed E-state index contributed by atoms with van der Waals surface area (Å²) in [7, 11) is 0. The molecule has 1 aliphatic carbocycles. The van der Waals surface area contributed by atoms with Crippen LogP contribution in [0.15, 0.2) is 29.2 Å². The molecule has 2 heteroatoms. The van der Waals surface area contributed by atoms with Crippen LogP contribution in [0.1, 0.15) is 57.6 Å². The predicted octanol–water partition coefficient (Wildman–Crippen LogP) is 5.03. The highest BCUT2D eigenvalue weighted by molar-refractivity contribution is 7.99. The van der Waals surface area contributed by atoms with Gasteiger partial charge in [-0.15, -0.1) is 11.8 Å². The van der Waals surface area contributed by atoms with Crippen molar-refractivity contribution >= 4 is 11.8 Å². The molecule has 1 fully saturated rings. The summed E-state index contributed by atoms with van der Waals surface area (Å²) in [5.41, 5.74) is 1.40. The molecule has 0 saturated heterocycles. The highest BCUT2D eigenvalue weighted by atomic mass is 32.2. The van der Waals surface area contributed by atoms with Crippen molar-refractivity contribution < 1.29 is 0 Å². The van der Waals surface area contributed by atoms with Gasteiger partial charge in [-0.3, -0.25) is 0 Å². The Labute approximate surface area is 122 Å². The van der Waals surface area contributed by atoms with Crippen LogP contribution in [-0.4, -0.2) is 12.3 Å². The van der Waals surface area contributed by atoms with E-state index in [9.17, 15) is 0 Å². The molecular weight excluding hydrogens is 250 g/mol. The van der Waals surface area contributed by atoms with E-state index < -0.39 is 0 Å². The molecule has 0 bridgehead atoms. The molecule has 2 rings (SSSR count). The second kappa shape index (κ2) is 7.96. The first kappa shape index (κ1) is 14.9. The van der Waals surface area contributed by atoms with Gasteiger partial charge in [-0.2, -0.15) is 0 Å². The van der Waals surface area contributed by atoms with Gasteiger partial charge in [0.15, 0.2) is 0 Å². The van der Waals surface area contributed by atoms with Gasteiger partial charge in [0.2, 0.25) is 0 Å². The van der Waals surface area contributed by atoms with Crippen LogP contribution in [-0.2, 0) is 0 Å². The van der Waals surface area contributed by atoms with E-state index >= 15 is 0 Å². The minimum Gasteiger partial charge on any atom is -0.310 e. The maximum atomic E-state index is 3.54. The minimum absolute atomic E-state index is 0.467. The zero-order chi connectivity index (χ0) is 13.5. The summed E-state index contributed by atoms with van der Waals surface area (Å²) >= 11 is 2.04. The second-order valence-electron chi connectivity index (χ2n) is 5.71. The molecule has 1 atom stereocenters. The number of benzene rings is 1. The van der Waals surface area contributed by atoms with Crippen LogP contribution in [0.3, 0.4) is 0 Å². The van der Waals surface area contributed by atoms with Crippen molar-refractivity contribution in [3.63, 3.8) is 0 Å². The molecule has 0 spiro atoms. The first-order valence-electron chi connectivity index (χ1n) is 7.75. The van der Waals surface area contributed by atoms with Gasteiger partial charge in [-0.1, -0.05) is 31.9 Å². The second-order valence-corrected chi connectivity index (χ2v) is 6.80. The van der Waals surface area contributed by atoms with Crippen LogP contribution in [0.4, 0.5) is 0 Å². The third-order valence-corrected chi connectivity index (χ3v) is 5.28. The van der Waals surface area contributed by atoms with E-state index in [1.807, 2.05) is 11.8 Å². The van der Waals surface area contributed by atoms with Gasteiger partial charge in [0.1, 0.15) is 0 Å². The van der Waals surface area contributed by atoms with Crippen molar-refractivity contribution in [1.82, 2.24) is 5.32 Å². The lowest BCUT2D eigenvalue weighted by Gasteiger charge is -2.14. The lowest BCUT2D eigenvalue weighted by molar-refractivity contribution is 0.570. The SMILES string of the molecule is CCCNC(C)c1ccc(SCC2CCCC2)cc1. The third-order valence-electron chi connectivity index (χ3n) is 4.04.